The maximum Gasteiger partial charge on any atom is 0.272 e. The van der Waals surface area contributed by atoms with Gasteiger partial charge in [-0.3, -0.25) is 14.5 Å². The average molecular weight is 432 g/mol. The standard InChI is InChI=1S/C22H26F2N4O3/c1-14-10-16(4-5-20(14)31-13-21(23)24)15(2)28-12-17-18(27-28)6-8-25-19(17)11-22(30)26-7-3-9-29/h4-6,8,10,12,15,21,29H,3,7,9,11,13H2,1-2H3,(H,26,30). The van der Waals surface area contributed by atoms with Crippen LogP contribution in [0.5, 0.6) is 5.75 Å². The summed E-state index contributed by atoms with van der Waals surface area (Å²) in [5.74, 6) is 0.268. The largest absolute Gasteiger partial charge is 0.487 e. The van der Waals surface area contributed by atoms with Crippen molar-refractivity contribution < 1.29 is 23.4 Å². The summed E-state index contributed by atoms with van der Waals surface area (Å²) in [4.78, 5) is 16.5. The number of aryl methyl sites for hydroxylation is 1. The van der Waals surface area contributed by atoms with E-state index in [0.29, 0.717) is 24.4 Å². The van der Waals surface area contributed by atoms with Crippen molar-refractivity contribution in [2.75, 3.05) is 19.8 Å². The molecule has 2 heterocycles. The number of aromatic nitrogens is 3. The van der Waals surface area contributed by atoms with E-state index in [1.165, 1.54) is 0 Å². The van der Waals surface area contributed by atoms with Crippen molar-refractivity contribution in [3.05, 3.63) is 53.5 Å². The fraction of sp³-hybridized carbons (Fsp3) is 0.409. The second kappa shape index (κ2) is 10.3. The SMILES string of the molecule is Cc1cc(C(C)n2cc3c(CC(=O)NCCCO)nccc3n2)ccc1OCC(F)F. The van der Waals surface area contributed by atoms with Gasteiger partial charge in [-0.1, -0.05) is 12.1 Å². The molecule has 0 fully saturated rings. The Morgan fingerprint density at radius 3 is 2.84 bits per heavy atom. The smallest absolute Gasteiger partial charge is 0.272 e. The number of halogens is 2. The molecule has 0 aliphatic carbocycles. The number of nitrogens with one attached hydrogen (secondary N) is 1. The highest BCUT2D eigenvalue weighted by atomic mass is 19.3. The summed E-state index contributed by atoms with van der Waals surface area (Å²) >= 11 is 0. The topological polar surface area (TPSA) is 89.3 Å². The van der Waals surface area contributed by atoms with Gasteiger partial charge in [0.25, 0.3) is 6.43 Å². The van der Waals surface area contributed by atoms with Gasteiger partial charge in [-0.05, 0) is 43.5 Å². The first-order valence-corrected chi connectivity index (χ1v) is 10.1. The number of carbonyl (C=O) groups is 1. The maximum atomic E-state index is 12.4. The van der Waals surface area contributed by atoms with Gasteiger partial charge in [-0.15, -0.1) is 0 Å². The van der Waals surface area contributed by atoms with Crippen LogP contribution in [0.15, 0.2) is 36.7 Å². The summed E-state index contributed by atoms with van der Waals surface area (Å²) < 4.78 is 31.7. The number of ether oxygens (including phenoxy) is 1. The normalized spacial score (nSPS) is 12.3. The van der Waals surface area contributed by atoms with Gasteiger partial charge in [0.05, 0.1) is 23.7 Å². The van der Waals surface area contributed by atoms with Crippen LogP contribution < -0.4 is 10.1 Å². The summed E-state index contributed by atoms with van der Waals surface area (Å²) in [7, 11) is 0. The summed E-state index contributed by atoms with van der Waals surface area (Å²) in [6.07, 6.45) is 1.59. The number of fused-ring (bicyclic) bond motifs is 1. The Labute approximate surface area is 179 Å². The molecule has 0 saturated heterocycles. The number of amides is 1. The van der Waals surface area contributed by atoms with E-state index in [2.05, 4.69) is 15.4 Å². The van der Waals surface area contributed by atoms with Gasteiger partial charge in [-0.25, -0.2) is 8.78 Å². The molecule has 2 N–H and O–H groups in total. The monoisotopic (exact) mass is 432 g/mol. The van der Waals surface area contributed by atoms with Gasteiger partial charge in [0.2, 0.25) is 5.91 Å². The molecule has 0 aliphatic heterocycles. The number of aliphatic hydroxyl groups excluding tert-OH is 1. The number of aliphatic hydroxyl groups is 1. The molecule has 166 valence electrons. The molecule has 0 spiro atoms. The highest BCUT2D eigenvalue weighted by Crippen LogP contribution is 2.27. The Hall–Kier alpha value is -3.07. The molecule has 31 heavy (non-hydrogen) atoms. The third-order valence-corrected chi connectivity index (χ3v) is 4.96. The number of benzene rings is 1. The van der Waals surface area contributed by atoms with E-state index in [1.54, 1.807) is 23.0 Å². The zero-order chi connectivity index (χ0) is 22.4. The van der Waals surface area contributed by atoms with E-state index < -0.39 is 13.0 Å². The van der Waals surface area contributed by atoms with Crippen LogP contribution in [0.1, 0.15) is 36.2 Å². The average Bonchev–Trinajstić information content (AvgIpc) is 3.18. The molecule has 0 aliphatic rings. The molecular weight excluding hydrogens is 406 g/mol. The minimum absolute atomic E-state index is 0.0254. The first-order chi connectivity index (χ1) is 14.9. The predicted molar refractivity (Wildman–Crippen MR) is 112 cm³/mol. The van der Waals surface area contributed by atoms with Gasteiger partial charge < -0.3 is 15.2 Å². The molecule has 7 nitrogen and oxygen atoms in total. The predicted octanol–water partition coefficient (Wildman–Crippen LogP) is 3.03. The fourth-order valence-electron chi connectivity index (χ4n) is 3.28. The van der Waals surface area contributed by atoms with Crippen molar-refractivity contribution in [3.8, 4) is 5.75 Å². The Balaban J connectivity index is 1.78. The zero-order valence-corrected chi connectivity index (χ0v) is 17.5. The van der Waals surface area contributed by atoms with Gasteiger partial charge in [0.1, 0.15) is 12.4 Å². The fourth-order valence-corrected chi connectivity index (χ4v) is 3.28. The van der Waals surface area contributed by atoms with Crippen LogP contribution in [0, 0.1) is 6.92 Å². The van der Waals surface area contributed by atoms with Crippen LogP contribution in [-0.4, -0.2) is 52.0 Å². The molecule has 1 aromatic carbocycles. The number of nitrogens with zero attached hydrogens (tertiary/aromatic N) is 3. The van der Waals surface area contributed by atoms with Gasteiger partial charge in [0, 0.05) is 30.9 Å². The third-order valence-electron chi connectivity index (χ3n) is 4.96. The second-order valence-electron chi connectivity index (χ2n) is 7.31. The minimum atomic E-state index is -2.52. The number of rotatable bonds is 10. The lowest BCUT2D eigenvalue weighted by Crippen LogP contribution is -2.26. The van der Waals surface area contributed by atoms with E-state index in [1.807, 2.05) is 32.2 Å². The highest BCUT2D eigenvalue weighted by molar-refractivity contribution is 5.86. The van der Waals surface area contributed by atoms with E-state index in [0.717, 1.165) is 22.0 Å². The summed E-state index contributed by atoms with van der Waals surface area (Å²) in [6.45, 7) is 3.60. The first kappa shape index (κ1) is 22.6. The Kier molecular flexibility index (Phi) is 7.51. The molecular formula is C22H26F2N4O3. The minimum Gasteiger partial charge on any atom is -0.487 e. The molecule has 0 radical (unpaired) electrons. The van der Waals surface area contributed by atoms with E-state index >= 15 is 0 Å². The summed E-state index contributed by atoms with van der Waals surface area (Å²) in [5.41, 5.74) is 3.08. The molecule has 1 unspecified atom stereocenters. The maximum absolute atomic E-state index is 12.4. The van der Waals surface area contributed by atoms with Gasteiger partial charge in [0.15, 0.2) is 0 Å². The molecule has 0 saturated carbocycles. The van der Waals surface area contributed by atoms with E-state index in [9.17, 15) is 13.6 Å². The van der Waals surface area contributed by atoms with Crippen molar-refractivity contribution in [1.82, 2.24) is 20.1 Å². The number of hydrogen-bond acceptors (Lipinski definition) is 5. The van der Waals surface area contributed by atoms with Crippen LogP contribution in [0.3, 0.4) is 0 Å². The third kappa shape index (κ3) is 5.75. The summed E-state index contributed by atoms with van der Waals surface area (Å²) in [6, 6.07) is 7.08. The van der Waals surface area contributed by atoms with Crippen LogP contribution in [-0.2, 0) is 11.2 Å². The Morgan fingerprint density at radius 1 is 1.32 bits per heavy atom. The molecule has 3 rings (SSSR count). The molecule has 3 aromatic rings. The molecule has 1 atom stereocenters. The van der Waals surface area contributed by atoms with Crippen molar-refractivity contribution in [1.29, 1.82) is 0 Å². The lowest BCUT2D eigenvalue weighted by atomic mass is 10.1. The van der Waals surface area contributed by atoms with E-state index in [-0.39, 0.29) is 25.0 Å². The van der Waals surface area contributed by atoms with Crippen LogP contribution >= 0.6 is 0 Å². The Morgan fingerprint density at radius 2 is 2.13 bits per heavy atom. The van der Waals surface area contributed by atoms with Crippen molar-refractivity contribution >= 4 is 16.8 Å². The van der Waals surface area contributed by atoms with Crippen LogP contribution in [0.25, 0.3) is 10.9 Å². The van der Waals surface area contributed by atoms with Crippen LogP contribution in [0.4, 0.5) is 8.78 Å². The zero-order valence-electron chi connectivity index (χ0n) is 17.5. The lowest BCUT2D eigenvalue weighted by molar-refractivity contribution is -0.120. The van der Waals surface area contributed by atoms with Crippen molar-refractivity contribution in [3.63, 3.8) is 0 Å². The lowest BCUT2D eigenvalue weighted by Gasteiger charge is -2.15. The van der Waals surface area contributed by atoms with Crippen molar-refractivity contribution in [2.24, 2.45) is 0 Å². The quantitative estimate of drug-likeness (QED) is 0.481. The molecule has 2 aromatic heterocycles. The molecule has 1 amide bonds. The van der Waals surface area contributed by atoms with Gasteiger partial charge >= 0.3 is 0 Å². The Bertz CT molecular complexity index is 1040. The number of hydrogen-bond donors (Lipinski definition) is 2. The number of carbonyl (C=O) groups excluding carboxylic acids is 1. The summed E-state index contributed by atoms with van der Waals surface area (Å²) in [5, 5.41) is 17.0. The van der Waals surface area contributed by atoms with Gasteiger partial charge in [-0.2, -0.15) is 5.10 Å². The van der Waals surface area contributed by atoms with Crippen molar-refractivity contribution in [2.45, 2.75) is 39.2 Å². The number of pyridine rings is 1. The first-order valence-electron chi connectivity index (χ1n) is 10.1. The number of alkyl halides is 2. The molecule has 0 bridgehead atoms. The van der Waals surface area contributed by atoms with Crippen LogP contribution in [0.2, 0.25) is 0 Å². The second-order valence-corrected chi connectivity index (χ2v) is 7.31. The highest BCUT2D eigenvalue weighted by Gasteiger charge is 2.16. The van der Waals surface area contributed by atoms with E-state index in [4.69, 9.17) is 9.84 Å². The molecule has 9 heteroatoms.